The van der Waals surface area contributed by atoms with Crippen LogP contribution in [0.25, 0.3) is 6.08 Å². The van der Waals surface area contributed by atoms with E-state index < -0.39 is 0 Å². The third-order valence-electron chi connectivity index (χ3n) is 2.24. The fourth-order valence-corrected chi connectivity index (χ4v) is 1.81. The van der Waals surface area contributed by atoms with Crippen molar-refractivity contribution in [3.63, 3.8) is 0 Å². The maximum absolute atomic E-state index is 12.8. The molecule has 0 saturated carbocycles. The zero-order valence-electron chi connectivity index (χ0n) is 9.63. The van der Waals surface area contributed by atoms with Gasteiger partial charge in [-0.15, -0.1) is 0 Å². The van der Waals surface area contributed by atoms with Crippen molar-refractivity contribution in [2.75, 3.05) is 6.54 Å². The van der Waals surface area contributed by atoms with Crippen LogP contribution < -0.4 is 5.32 Å². The Hall–Kier alpha value is -0.670. The van der Waals surface area contributed by atoms with Crippen LogP contribution >= 0.6 is 15.9 Å². The summed E-state index contributed by atoms with van der Waals surface area (Å²) in [4.78, 5) is 0. The number of hydrogen-bond donors (Lipinski definition) is 1. The molecule has 0 aliphatic heterocycles. The number of nitrogens with one attached hydrogen (secondary N) is 1. The van der Waals surface area contributed by atoms with Gasteiger partial charge in [0.2, 0.25) is 0 Å². The summed E-state index contributed by atoms with van der Waals surface area (Å²) in [5, 5.41) is 3.36. The maximum Gasteiger partial charge on any atom is 0.124 e. The number of hydrogen-bond acceptors (Lipinski definition) is 1. The van der Waals surface area contributed by atoms with Gasteiger partial charge in [-0.25, -0.2) is 4.39 Å². The molecule has 0 amide bonds. The summed E-state index contributed by atoms with van der Waals surface area (Å²) < 4.78 is 13.6. The highest BCUT2D eigenvalue weighted by atomic mass is 79.9. The van der Waals surface area contributed by atoms with Gasteiger partial charge in [0.1, 0.15) is 5.82 Å². The van der Waals surface area contributed by atoms with Crippen molar-refractivity contribution in [1.82, 2.24) is 5.32 Å². The van der Waals surface area contributed by atoms with E-state index in [1.807, 2.05) is 6.08 Å². The lowest BCUT2D eigenvalue weighted by Gasteiger charge is -2.07. The van der Waals surface area contributed by atoms with E-state index in [0.717, 1.165) is 23.0 Å². The number of rotatable bonds is 5. The lowest BCUT2D eigenvalue weighted by molar-refractivity contribution is 0.625. The molecular formula is C13H17BrFN. The molecule has 16 heavy (non-hydrogen) atoms. The van der Waals surface area contributed by atoms with Crippen LogP contribution in [0, 0.1) is 5.82 Å². The molecule has 1 rings (SSSR count). The summed E-state index contributed by atoms with van der Waals surface area (Å²) >= 11 is 3.34. The second kappa shape index (κ2) is 6.81. The first-order valence-electron chi connectivity index (χ1n) is 5.50. The van der Waals surface area contributed by atoms with Crippen molar-refractivity contribution < 1.29 is 4.39 Å². The molecular weight excluding hydrogens is 269 g/mol. The monoisotopic (exact) mass is 285 g/mol. The highest BCUT2D eigenvalue weighted by Crippen LogP contribution is 2.19. The summed E-state index contributed by atoms with van der Waals surface area (Å²) in [7, 11) is 0. The van der Waals surface area contributed by atoms with Crippen LogP contribution in [0.5, 0.6) is 0 Å². The molecule has 0 aliphatic carbocycles. The largest absolute Gasteiger partial charge is 0.311 e. The fraction of sp³-hybridized carbons (Fsp3) is 0.385. The summed E-state index contributed by atoms with van der Waals surface area (Å²) in [6, 6.07) is 5.04. The van der Waals surface area contributed by atoms with E-state index >= 15 is 0 Å². The van der Waals surface area contributed by atoms with Crippen molar-refractivity contribution in [2.45, 2.75) is 26.3 Å². The quantitative estimate of drug-likeness (QED) is 0.863. The van der Waals surface area contributed by atoms with Gasteiger partial charge in [0, 0.05) is 10.5 Å². The summed E-state index contributed by atoms with van der Waals surface area (Å²) in [6.07, 6.45) is 5.20. The Morgan fingerprint density at radius 1 is 1.50 bits per heavy atom. The van der Waals surface area contributed by atoms with E-state index in [4.69, 9.17) is 0 Å². The Balaban J connectivity index is 2.61. The van der Waals surface area contributed by atoms with Crippen molar-refractivity contribution in [3.8, 4) is 0 Å². The molecule has 0 fully saturated rings. The highest BCUT2D eigenvalue weighted by Gasteiger charge is 1.99. The normalized spacial score (nSPS) is 13.2. The van der Waals surface area contributed by atoms with Crippen LogP contribution in [0.1, 0.15) is 25.8 Å². The van der Waals surface area contributed by atoms with E-state index in [2.05, 4.69) is 41.2 Å². The molecule has 0 radical (unpaired) electrons. The first kappa shape index (κ1) is 13.4. The molecule has 0 saturated heterocycles. The van der Waals surface area contributed by atoms with E-state index in [-0.39, 0.29) is 5.82 Å². The molecule has 88 valence electrons. The van der Waals surface area contributed by atoms with Gasteiger partial charge in [0.25, 0.3) is 0 Å². The standard InChI is InChI=1S/C13H17BrFN/c1-3-8-16-10(2)4-5-11-6-7-12(15)9-13(11)14/h4-7,9-10,16H,3,8H2,1-2H3/b5-4+. The second-order valence-electron chi connectivity index (χ2n) is 3.77. The van der Waals surface area contributed by atoms with Crippen LogP contribution in [0.15, 0.2) is 28.7 Å². The smallest absolute Gasteiger partial charge is 0.124 e. The zero-order valence-corrected chi connectivity index (χ0v) is 11.2. The van der Waals surface area contributed by atoms with Gasteiger partial charge in [0.05, 0.1) is 0 Å². The number of halogens is 2. The summed E-state index contributed by atoms with van der Waals surface area (Å²) in [5.41, 5.74) is 0.992. The van der Waals surface area contributed by atoms with Gasteiger partial charge in [-0.05, 0) is 37.6 Å². The molecule has 1 unspecified atom stereocenters. The lowest BCUT2D eigenvalue weighted by atomic mass is 10.2. The number of benzene rings is 1. The van der Waals surface area contributed by atoms with Gasteiger partial charge in [0.15, 0.2) is 0 Å². The van der Waals surface area contributed by atoms with E-state index in [1.54, 1.807) is 6.07 Å². The van der Waals surface area contributed by atoms with Crippen molar-refractivity contribution in [1.29, 1.82) is 0 Å². The van der Waals surface area contributed by atoms with Crippen LogP contribution in [0.3, 0.4) is 0 Å². The minimum absolute atomic E-state index is 0.221. The summed E-state index contributed by atoms with van der Waals surface area (Å²) in [6.45, 7) is 5.25. The molecule has 3 heteroatoms. The topological polar surface area (TPSA) is 12.0 Å². The Labute approximate surface area is 105 Å². The molecule has 1 atom stereocenters. The minimum Gasteiger partial charge on any atom is -0.311 e. The Bertz CT molecular complexity index is 363. The predicted octanol–water partition coefficient (Wildman–Crippen LogP) is 3.99. The summed E-state index contributed by atoms with van der Waals surface area (Å²) in [5.74, 6) is -0.221. The predicted molar refractivity (Wildman–Crippen MR) is 70.9 cm³/mol. The fourth-order valence-electron chi connectivity index (χ4n) is 1.32. The van der Waals surface area contributed by atoms with Crippen LogP contribution in [0.4, 0.5) is 4.39 Å². The molecule has 0 bridgehead atoms. The molecule has 1 aromatic carbocycles. The SMILES string of the molecule is CCCNC(C)/C=C/c1ccc(F)cc1Br. The van der Waals surface area contributed by atoms with Gasteiger partial charge in [-0.3, -0.25) is 0 Å². The van der Waals surface area contributed by atoms with E-state index in [0.29, 0.717) is 6.04 Å². The molecule has 1 nitrogen and oxygen atoms in total. The Morgan fingerprint density at radius 3 is 2.88 bits per heavy atom. The molecule has 0 heterocycles. The minimum atomic E-state index is -0.221. The van der Waals surface area contributed by atoms with Gasteiger partial charge in [-0.1, -0.05) is 41.1 Å². The van der Waals surface area contributed by atoms with E-state index in [9.17, 15) is 4.39 Å². The zero-order chi connectivity index (χ0) is 12.0. The van der Waals surface area contributed by atoms with Gasteiger partial charge in [-0.2, -0.15) is 0 Å². The van der Waals surface area contributed by atoms with E-state index in [1.165, 1.54) is 12.1 Å². The first-order chi connectivity index (χ1) is 7.63. The highest BCUT2D eigenvalue weighted by molar-refractivity contribution is 9.10. The third-order valence-corrected chi connectivity index (χ3v) is 2.93. The average molecular weight is 286 g/mol. The third kappa shape index (κ3) is 4.45. The van der Waals surface area contributed by atoms with Crippen molar-refractivity contribution in [2.24, 2.45) is 0 Å². The van der Waals surface area contributed by atoms with Crippen LogP contribution in [-0.4, -0.2) is 12.6 Å². The lowest BCUT2D eigenvalue weighted by Crippen LogP contribution is -2.24. The second-order valence-corrected chi connectivity index (χ2v) is 4.62. The Morgan fingerprint density at radius 2 is 2.25 bits per heavy atom. The van der Waals surface area contributed by atoms with Crippen LogP contribution in [-0.2, 0) is 0 Å². The molecule has 0 spiro atoms. The van der Waals surface area contributed by atoms with Crippen molar-refractivity contribution >= 4 is 22.0 Å². The van der Waals surface area contributed by atoms with Gasteiger partial charge >= 0.3 is 0 Å². The Kier molecular flexibility index (Phi) is 5.71. The molecule has 0 aromatic heterocycles. The molecule has 0 aliphatic rings. The maximum atomic E-state index is 12.8. The molecule has 1 aromatic rings. The molecule has 1 N–H and O–H groups in total. The van der Waals surface area contributed by atoms with Crippen LogP contribution in [0.2, 0.25) is 0 Å². The van der Waals surface area contributed by atoms with Crippen molar-refractivity contribution in [3.05, 3.63) is 40.1 Å². The van der Waals surface area contributed by atoms with Gasteiger partial charge < -0.3 is 5.32 Å². The first-order valence-corrected chi connectivity index (χ1v) is 6.29. The average Bonchev–Trinajstić information content (AvgIpc) is 2.25.